The van der Waals surface area contributed by atoms with Gasteiger partial charge < -0.3 is 4.74 Å². The molecule has 2 amide bonds. The average Bonchev–Trinajstić information content (AvgIpc) is 3.24. The fourth-order valence-corrected chi connectivity index (χ4v) is 5.39. The first-order valence-corrected chi connectivity index (χ1v) is 10.3. The number of hydrogen-bond acceptors (Lipinski definition) is 4. The molecule has 0 radical (unpaired) electrons. The lowest BCUT2D eigenvalue weighted by Crippen LogP contribution is -2.48. The molecule has 1 fully saturated rings. The topological polar surface area (TPSA) is 49.9 Å². The standard InChI is InChI=1S/C23H18N2O3S/c1-28-18-13-11-17(12-14-18)25-21(26)15-29-23(25)19-9-5-6-10-20(19)24(22(23)27)16-7-3-2-4-8-16/h2-14H,15H2,1H3. The minimum absolute atomic E-state index is 0.0850. The molecule has 0 saturated carbocycles. The van der Waals surface area contributed by atoms with Gasteiger partial charge in [-0.3, -0.25) is 19.4 Å². The molecule has 1 unspecified atom stereocenters. The third-order valence-corrected chi connectivity index (χ3v) is 6.70. The molecule has 2 aliphatic rings. The van der Waals surface area contributed by atoms with Crippen molar-refractivity contribution in [1.29, 1.82) is 0 Å². The van der Waals surface area contributed by atoms with E-state index in [1.54, 1.807) is 29.0 Å². The number of hydrogen-bond donors (Lipinski definition) is 0. The molecule has 144 valence electrons. The van der Waals surface area contributed by atoms with Crippen LogP contribution in [-0.4, -0.2) is 24.7 Å². The predicted octanol–water partition coefficient (Wildman–Crippen LogP) is 4.31. The van der Waals surface area contributed by atoms with Crippen molar-refractivity contribution in [1.82, 2.24) is 0 Å². The van der Waals surface area contributed by atoms with Gasteiger partial charge in [-0.2, -0.15) is 0 Å². The van der Waals surface area contributed by atoms with E-state index in [1.165, 1.54) is 11.8 Å². The summed E-state index contributed by atoms with van der Waals surface area (Å²) in [5, 5.41) is 0. The number of anilines is 3. The Hall–Kier alpha value is -3.25. The quantitative estimate of drug-likeness (QED) is 0.655. The largest absolute Gasteiger partial charge is 0.497 e. The minimum atomic E-state index is -1.11. The van der Waals surface area contributed by atoms with Crippen LogP contribution >= 0.6 is 11.8 Å². The van der Waals surface area contributed by atoms with E-state index in [-0.39, 0.29) is 17.6 Å². The minimum Gasteiger partial charge on any atom is -0.497 e. The highest BCUT2D eigenvalue weighted by molar-refractivity contribution is 8.02. The van der Waals surface area contributed by atoms with Gasteiger partial charge in [-0.25, -0.2) is 0 Å². The zero-order valence-corrected chi connectivity index (χ0v) is 16.6. The van der Waals surface area contributed by atoms with E-state index in [4.69, 9.17) is 4.74 Å². The highest BCUT2D eigenvalue weighted by Gasteiger charge is 2.61. The van der Waals surface area contributed by atoms with Crippen LogP contribution in [0.1, 0.15) is 5.56 Å². The SMILES string of the molecule is COc1ccc(N2C(=O)CSC23C(=O)N(c2ccccc2)c2ccccc23)cc1. The van der Waals surface area contributed by atoms with E-state index in [0.717, 1.165) is 16.9 Å². The Morgan fingerprint density at radius 2 is 1.55 bits per heavy atom. The number of fused-ring (bicyclic) bond motifs is 2. The van der Waals surface area contributed by atoms with Gasteiger partial charge in [-0.1, -0.05) is 36.4 Å². The number of nitrogens with zero attached hydrogens (tertiary/aromatic N) is 2. The molecule has 0 bridgehead atoms. The Kier molecular flexibility index (Phi) is 4.10. The van der Waals surface area contributed by atoms with E-state index in [1.807, 2.05) is 66.7 Å². The summed E-state index contributed by atoms with van der Waals surface area (Å²) >= 11 is 1.38. The summed E-state index contributed by atoms with van der Waals surface area (Å²) in [6, 6.07) is 24.5. The van der Waals surface area contributed by atoms with Crippen molar-refractivity contribution in [2.24, 2.45) is 0 Å². The number of methoxy groups -OCH3 is 1. The van der Waals surface area contributed by atoms with Gasteiger partial charge in [0.15, 0.2) is 0 Å². The van der Waals surface area contributed by atoms with E-state index >= 15 is 0 Å². The molecule has 6 heteroatoms. The van der Waals surface area contributed by atoms with Gasteiger partial charge in [0.25, 0.3) is 5.91 Å². The Morgan fingerprint density at radius 3 is 2.28 bits per heavy atom. The lowest BCUT2D eigenvalue weighted by Gasteiger charge is -2.33. The van der Waals surface area contributed by atoms with Crippen molar-refractivity contribution in [3.8, 4) is 5.75 Å². The Bertz CT molecular complexity index is 1100. The smallest absolute Gasteiger partial charge is 0.273 e. The third-order valence-electron chi connectivity index (χ3n) is 5.32. The molecular formula is C23H18N2O3S. The Balaban J connectivity index is 1.70. The average molecular weight is 402 g/mol. The number of amides is 2. The first-order valence-electron chi connectivity index (χ1n) is 9.27. The highest BCUT2D eigenvalue weighted by atomic mass is 32.2. The number of carbonyl (C=O) groups excluding carboxylic acids is 2. The fourth-order valence-electron chi connectivity index (χ4n) is 4.05. The van der Waals surface area contributed by atoms with Crippen molar-refractivity contribution >= 4 is 40.6 Å². The molecule has 3 aromatic rings. The zero-order chi connectivity index (χ0) is 20.0. The molecule has 1 saturated heterocycles. The normalized spacial score (nSPS) is 20.4. The van der Waals surface area contributed by atoms with Crippen LogP contribution in [0.3, 0.4) is 0 Å². The summed E-state index contributed by atoms with van der Waals surface area (Å²) in [6.45, 7) is 0. The van der Waals surface area contributed by atoms with E-state index in [9.17, 15) is 9.59 Å². The van der Waals surface area contributed by atoms with Crippen molar-refractivity contribution in [2.45, 2.75) is 4.87 Å². The number of ether oxygens (including phenoxy) is 1. The molecule has 29 heavy (non-hydrogen) atoms. The maximum atomic E-state index is 13.9. The summed E-state index contributed by atoms with van der Waals surface area (Å²) in [4.78, 5) is 29.2. The highest BCUT2D eigenvalue weighted by Crippen LogP contribution is 2.57. The Labute approximate surface area is 172 Å². The van der Waals surface area contributed by atoms with Gasteiger partial charge >= 0.3 is 0 Å². The van der Waals surface area contributed by atoms with Crippen LogP contribution in [0.4, 0.5) is 17.1 Å². The molecule has 0 aliphatic carbocycles. The van der Waals surface area contributed by atoms with Crippen molar-refractivity contribution in [3.63, 3.8) is 0 Å². The zero-order valence-electron chi connectivity index (χ0n) is 15.7. The molecule has 5 rings (SSSR count). The van der Waals surface area contributed by atoms with E-state index < -0.39 is 4.87 Å². The maximum absolute atomic E-state index is 13.9. The second-order valence-corrected chi connectivity index (χ2v) is 8.02. The van der Waals surface area contributed by atoms with Crippen LogP contribution in [0, 0.1) is 0 Å². The Morgan fingerprint density at radius 1 is 0.862 bits per heavy atom. The fraction of sp³-hybridized carbons (Fsp3) is 0.130. The van der Waals surface area contributed by atoms with Gasteiger partial charge in [0.2, 0.25) is 10.8 Å². The molecule has 1 atom stereocenters. The summed E-state index contributed by atoms with van der Waals surface area (Å²) in [7, 11) is 1.60. The summed E-state index contributed by atoms with van der Waals surface area (Å²) < 4.78 is 5.24. The molecule has 0 aromatic heterocycles. The molecule has 2 aliphatic heterocycles. The van der Waals surface area contributed by atoms with Gasteiger partial charge in [-0.15, -0.1) is 11.8 Å². The predicted molar refractivity (Wildman–Crippen MR) is 115 cm³/mol. The van der Waals surface area contributed by atoms with Gasteiger partial charge in [0.05, 0.1) is 18.6 Å². The first-order chi connectivity index (χ1) is 14.2. The van der Waals surface area contributed by atoms with E-state index in [0.29, 0.717) is 11.4 Å². The lowest BCUT2D eigenvalue weighted by atomic mass is 10.0. The van der Waals surface area contributed by atoms with Gasteiger partial charge in [0.1, 0.15) is 5.75 Å². The molecule has 1 spiro atoms. The van der Waals surface area contributed by atoms with Crippen molar-refractivity contribution in [3.05, 3.63) is 84.4 Å². The molecular weight excluding hydrogens is 384 g/mol. The van der Waals surface area contributed by atoms with Gasteiger partial charge in [0, 0.05) is 16.9 Å². The van der Waals surface area contributed by atoms with E-state index in [2.05, 4.69) is 0 Å². The number of benzene rings is 3. The second-order valence-electron chi connectivity index (χ2n) is 6.85. The van der Waals surface area contributed by atoms with Crippen LogP contribution in [0.15, 0.2) is 78.9 Å². The molecule has 5 nitrogen and oxygen atoms in total. The van der Waals surface area contributed by atoms with Crippen LogP contribution in [0.5, 0.6) is 5.75 Å². The lowest BCUT2D eigenvalue weighted by molar-refractivity contribution is -0.123. The summed E-state index contributed by atoms with van der Waals surface area (Å²) in [5.41, 5.74) is 3.11. The number of rotatable bonds is 3. The maximum Gasteiger partial charge on any atom is 0.273 e. The number of thioether (sulfide) groups is 1. The van der Waals surface area contributed by atoms with Crippen molar-refractivity contribution < 1.29 is 14.3 Å². The van der Waals surface area contributed by atoms with Gasteiger partial charge in [-0.05, 0) is 42.5 Å². The monoisotopic (exact) mass is 402 g/mol. The number of para-hydroxylation sites is 2. The van der Waals surface area contributed by atoms with Crippen LogP contribution in [-0.2, 0) is 14.5 Å². The van der Waals surface area contributed by atoms with Crippen LogP contribution in [0.2, 0.25) is 0 Å². The molecule has 2 heterocycles. The molecule has 0 N–H and O–H groups in total. The van der Waals surface area contributed by atoms with Crippen LogP contribution in [0.25, 0.3) is 0 Å². The summed E-state index contributed by atoms with van der Waals surface area (Å²) in [5.74, 6) is 0.732. The number of carbonyl (C=O) groups is 2. The molecule has 3 aromatic carbocycles. The van der Waals surface area contributed by atoms with Crippen molar-refractivity contribution in [2.75, 3.05) is 22.7 Å². The van der Waals surface area contributed by atoms with Crippen LogP contribution < -0.4 is 14.5 Å². The third kappa shape index (κ3) is 2.49. The second kappa shape index (κ2) is 6.67. The summed E-state index contributed by atoms with van der Waals surface area (Å²) in [6.07, 6.45) is 0. The first kappa shape index (κ1) is 17.8.